The van der Waals surface area contributed by atoms with Crippen LogP contribution in [0.4, 0.5) is 11.6 Å². The number of aliphatic hydroxyl groups is 2. The molecule has 206 valence electrons. The highest BCUT2D eigenvalue weighted by Gasteiger charge is 2.48. The number of aromatic nitrogens is 4. The van der Waals surface area contributed by atoms with E-state index in [-0.39, 0.29) is 24.0 Å². The molecule has 1 atom stereocenters. The predicted molar refractivity (Wildman–Crippen MR) is 151 cm³/mol. The second-order valence-electron chi connectivity index (χ2n) is 11.2. The molecule has 2 fully saturated rings. The summed E-state index contributed by atoms with van der Waals surface area (Å²) in [7, 11) is 0. The molecule has 3 aromatic heterocycles. The molecule has 9 nitrogen and oxygen atoms in total. The van der Waals surface area contributed by atoms with Crippen LogP contribution >= 0.6 is 23.4 Å². The molecule has 39 heavy (non-hydrogen) atoms. The van der Waals surface area contributed by atoms with E-state index in [0.717, 1.165) is 36.7 Å². The van der Waals surface area contributed by atoms with Crippen molar-refractivity contribution in [1.82, 2.24) is 19.9 Å². The summed E-state index contributed by atoms with van der Waals surface area (Å²) in [5.74, 6) is 2.62. The van der Waals surface area contributed by atoms with Gasteiger partial charge in [-0.2, -0.15) is 0 Å². The van der Waals surface area contributed by atoms with Crippen LogP contribution < -0.4 is 14.5 Å². The molecule has 0 bridgehead atoms. The van der Waals surface area contributed by atoms with Gasteiger partial charge >= 0.3 is 0 Å². The molecular formula is C28H33ClN6O3S. The Bertz CT molecular complexity index is 1370. The first-order valence-corrected chi connectivity index (χ1v) is 14.5. The van der Waals surface area contributed by atoms with Gasteiger partial charge in [0.05, 0.1) is 23.4 Å². The summed E-state index contributed by atoms with van der Waals surface area (Å²) in [5, 5.41) is 21.6. The maximum atomic E-state index is 10.3. The minimum absolute atomic E-state index is 0.178. The Morgan fingerprint density at radius 2 is 1.87 bits per heavy atom. The normalized spacial score (nSPS) is 20.6. The van der Waals surface area contributed by atoms with E-state index in [2.05, 4.69) is 32.8 Å². The number of hydrogen-bond acceptors (Lipinski definition) is 10. The number of anilines is 2. The average molecular weight is 569 g/mol. The molecule has 0 saturated carbocycles. The number of piperidine rings is 1. The van der Waals surface area contributed by atoms with Crippen molar-refractivity contribution in [3.05, 3.63) is 53.1 Å². The number of fused-ring (bicyclic) bond motifs is 1. The van der Waals surface area contributed by atoms with Crippen LogP contribution in [-0.4, -0.2) is 67.5 Å². The van der Waals surface area contributed by atoms with Gasteiger partial charge in [0.25, 0.3) is 0 Å². The van der Waals surface area contributed by atoms with Gasteiger partial charge in [0.15, 0.2) is 5.82 Å². The molecule has 0 unspecified atom stereocenters. The van der Waals surface area contributed by atoms with Crippen LogP contribution in [0.3, 0.4) is 0 Å². The fraction of sp³-hybridized carbons (Fsp3) is 0.500. The van der Waals surface area contributed by atoms with E-state index in [1.807, 2.05) is 26.0 Å². The lowest BCUT2D eigenvalue weighted by Gasteiger charge is -2.46. The molecule has 2 N–H and O–H groups in total. The first-order valence-electron chi connectivity index (χ1n) is 13.3. The lowest BCUT2D eigenvalue weighted by atomic mass is 9.79. The van der Waals surface area contributed by atoms with Crippen LogP contribution in [-0.2, 0) is 6.61 Å². The third-order valence-electron chi connectivity index (χ3n) is 8.45. The maximum absolute atomic E-state index is 10.3. The third-order valence-corrected chi connectivity index (χ3v) is 9.90. The predicted octanol–water partition coefficient (Wildman–Crippen LogP) is 4.31. The van der Waals surface area contributed by atoms with Crippen molar-refractivity contribution >= 4 is 35.0 Å². The van der Waals surface area contributed by atoms with E-state index in [1.165, 1.54) is 17.3 Å². The molecule has 3 aromatic rings. The Hall–Kier alpha value is -2.66. The molecule has 6 heterocycles. The van der Waals surface area contributed by atoms with E-state index < -0.39 is 5.60 Å². The fourth-order valence-corrected chi connectivity index (χ4v) is 6.91. The molecule has 1 spiro atoms. The van der Waals surface area contributed by atoms with Crippen molar-refractivity contribution in [2.45, 2.75) is 67.3 Å². The molecule has 6 rings (SSSR count). The molecule has 0 aromatic carbocycles. The minimum Gasteiger partial charge on any atom is -0.470 e. The van der Waals surface area contributed by atoms with Crippen LogP contribution in [0.5, 0.6) is 5.88 Å². The van der Waals surface area contributed by atoms with E-state index in [4.69, 9.17) is 26.3 Å². The molecule has 0 aliphatic carbocycles. The van der Waals surface area contributed by atoms with Gasteiger partial charge < -0.3 is 24.7 Å². The first-order chi connectivity index (χ1) is 18.7. The molecular weight excluding hydrogens is 536 g/mol. The van der Waals surface area contributed by atoms with Gasteiger partial charge in [-0.1, -0.05) is 36.4 Å². The van der Waals surface area contributed by atoms with Gasteiger partial charge in [-0.05, 0) is 26.0 Å². The lowest BCUT2D eigenvalue weighted by molar-refractivity contribution is 0.00437. The summed E-state index contributed by atoms with van der Waals surface area (Å²) in [6.07, 6.45) is 6.93. The number of pyridine rings is 2. The zero-order chi connectivity index (χ0) is 27.4. The Kier molecular flexibility index (Phi) is 6.86. The SMILES string of the molecule is C[C@@H]1c2cccnc2OC12CCN(c1ncc(Sc3ccnc(N4CC(C(C)(C)O)C4)c3Cl)nc1CO)CC2. The second kappa shape index (κ2) is 10.1. The smallest absolute Gasteiger partial charge is 0.217 e. The molecule has 3 aliphatic rings. The van der Waals surface area contributed by atoms with Crippen LogP contribution in [0.25, 0.3) is 0 Å². The van der Waals surface area contributed by atoms with Crippen LogP contribution in [0.2, 0.25) is 5.02 Å². The van der Waals surface area contributed by atoms with Crippen molar-refractivity contribution in [3.8, 4) is 5.88 Å². The van der Waals surface area contributed by atoms with Crippen molar-refractivity contribution in [3.63, 3.8) is 0 Å². The van der Waals surface area contributed by atoms with Gasteiger partial charge in [-0.3, -0.25) is 0 Å². The second-order valence-corrected chi connectivity index (χ2v) is 12.7. The molecule has 0 amide bonds. The van der Waals surface area contributed by atoms with Crippen LogP contribution in [0.1, 0.15) is 50.8 Å². The number of hydrogen-bond donors (Lipinski definition) is 2. The highest BCUT2D eigenvalue weighted by Crippen LogP contribution is 2.49. The van der Waals surface area contributed by atoms with Crippen molar-refractivity contribution < 1.29 is 14.9 Å². The van der Waals surface area contributed by atoms with E-state index in [0.29, 0.717) is 40.5 Å². The van der Waals surface area contributed by atoms with Crippen molar-refractivity contribution in [2.75, 3.05) is 36.0 Å². The minimum atomic E-state index is -0.729. The summed E-state index contributed by atoms with van der Waals surface area (Å²) in [5.41, 5.74) is 0.733. The van der Waals surface area contributed by atoms with E-state index in [9.17, 15) is 10.2 Å². The lowest BCUT2D eigenvalue weighted by Crippen LogP contribution is -2.56. The zero-order valence-corrected chi connectivity index (χ0v) is 23.9. The quantitative estimate of drug-likeness (QED) is 0.446. The third kappa shape index (κ3) is 4.81. The Morgan fingerprint density at radius 3 is 2.56 bits per heavy atom. The van der Waals surface area contributed by atoms with Gasteiger partial charge in [0, 0.05) is 73.7 Å². The number of rotatable bonds is 6. The Morgan fingerprint density at radius 1 is 1.10 bits per heavy atom. The van der Waals surface area contributed by atoms with E-state index in [1.54, 1.807) is 18.6 Å². The molecule has 3 aliphatic heterocycles. The zero-order valence-electron chi connectivity index (χ0n) is 22.3. The van der Waals surface area contributed by atoms with Gasteiger partial charge in [0.1, 0.15) is 22.1 Å². The number of nitrogens with zero attached hydrogens (tertiary/aromatic N) is 6. The highest BCUT2D eigenvalue weighted by atomic mass is 35.5. The monoisotopic (exact) mass is 568 g/mol. The summed E-state index contributed by atoms with van der Waals surface area (Å²) < 4.78 is 6.39. The number of halogens is 1. The molecule has 11 heteroatoms. The summed E-state index contributed by atoms with van der Waals surface area (Å²) in [6.45, 7) is 8.60. The summed E-state index contributed by atoms with van der Waals surface area (Å²) in [6, 6.07) is 5.93. The van der Waals surface area contributed by atoms with Crippen LogP contribution in [0, 0.1) is 5.92 Å². The highest BCUT2D eigenvalue weighted by molar-refractivity contribution is 7.99. The largest absolute Gasteiger partial charge is 0.470 e. The molecule has 0 radical (unpaired) electrons. The van der Waals surface area contributed by atoms with Crippen molar-refractivity contribution in [1.29, 1.82) is 0 Å². The number of ether oxygens (including phenoxy) is 1. The van der Waals surface area contributed by atoms with Gasteiger partial charge in [-0.15, -0.1) is 0 Å². The maximum Gasteiger partial charge on any atom is 0.217 e. The summed E-state index contributed by atoms with van der Waals surface area (Å²) >= 11 is 8.15. The Balaban J connectivity index is 1.14. The van der Waals surface area contributed by atoms with Crippen molar-refractivity contribution in [2.24, 2.45) is 5.92 Å². The average Bonchev–Trinajstić information content (AvgIpc) is 3.16. The first kappa shape index (κ1) is 26.6. The standard InChI is InChI=1S/C28H33ClN6O3S/c1-17-19-5-4-9-31-26(19)38-28(17)7-11-34(12-8-28)24-20(16-36)33-22(13-32-24)39-21-6-10-30-25(23(21)29)35-14-18(15-35)27(2,3)37/h4-6,9-10,13,17-18,36-37H,7-8,11-12,14-16H2,1-3H3/t17-/m1/s1. The van der Waals surface area contributed by atoms with Gasteiger partial charge in [-0.25, -0.2) is 19.9 Å². The van der Waals surface area contributed by atoms with Gasteiger partial charge in [0.2, 0.25) is 5.88 Å². The van der Waals surface area contributed by atoms with Crippen LogP contribution in [0.15, 0.2) is 46.7 Å². The fourth-order valence-electron chi connectivity index (χ4n) is 5.76. The summed E-state index contributed by atoms with van der Waals surface area (Å²) in [4.78, 5) is 23.5. The number of aliphatic hydroxyl groups excluding tert-OH is 1. The Labute approximate surface area is 237 Å². The molecule has 2 saturated heterocycles. The van der Waals surface area contributed by atoms with E-state index >= 15 is 0 Å². The topological polar surface area (TPSA) is 108 Å².